The van der Waals surface area contributed by atoms with Gasteiger partial charge in [-0.1, -0.05) is 6.07 Å². The zero-order valence-electron chi connectivity index (χ0n) is 13.7. The van der Waals surface area contributed by atoms with Crippen LogP contribution in [0, 0.1) is 0 Å². The maximum Gasteiger partial charge on any atom is 0.224 e. The number of thiophene rings is 1. The van der Waals surface area contributed by atoms with Gasteiger partial charge in [0, 0.05) is 44.0 Å². The van der Waals surface area contributed by atoms with Crippen molar-refractivity contribution in [2.75, 3.05) is 20.1 Å². The monoisotopic (exact) mass is 351 g/mol. The predicted octanol–water partition coefficient (Wildman–Crippen LogP) is 1.80. The third-order valence-corrected chi connectivity index (χ3v) is 5.21. The number of likely N-dealkylation sites (tertiary alicyclic amines) is 1. The van der Waals surface area contributed by atoms with Gasteiger partial charge in [0.05, 0.1) is 6.54 Å². The highest BCUT2D eigenvalue weighted by molar-refractivity contribution is 7.09. The molecule has 0 bridgehead atoms. The van der Waals surface area contributed by atoms with E-state index in [4.69, 9.17) is 0 Å². The Bertz CT molecular complexity index is 633. The van der Waals surface area contributed by atoms with Crippen molar-refractivity contribution in [2.24, 2.45) is 0 Å². The van der Waals surface area contributed by atoms with Gasteiger partial charge in [-0.2, -0.15) is 5.10 Å². The fourth-order valence-corrected chi connectivity index (χ4v) is 3.81. The molecule has 2 aromatic heterocycles. The van der Waals surface area contributed by atoms with Gasteiger partial charge >= 0.3 is 0 Å². The minimum absolute atomic E-state index is 0.0453. The molecule has 1 saturated heterocycles. The van der Waals surface area contributed by atoms with Crippen molar-refractivity contribution in [1.82, 2.24) is 24.6 Å². The summed E-state index contributed by atoms with van der Waals surface area (Å²) in [4.78, 5) is 21.2. The average molecular weight is 351 g/mol. The van der Waals surface area contributed by atoms with Crippen LogP contribution < -0.4 is 0 Å². The van der Waals surface area contributed by atoms with Crippen molar-refractivity contribution in [3.05, 3.63) is 35.0 Å². The van der Waals surface area contributed by atoms with Crippen LogP contribution in [0.15, 0.2) is 30.2 Å². The van der Waals surface area contributed by atoms with E-state index in [9.17, 15) is 9.18 Å². The Morgan fingerprint density at radius 1 is 1.54 bits per heavy atom. The topological polar surface area (TPSA) is 54.3 Å². The lowest BCUT2D eigenvalue weighted by Crippen LogP contribution is -2.41. The second-order valence-corrected chi connectivity index (χ2v) is 7.21. The zero-order chi connectivity index (χ0) is 16.9. The predicted molar refractivity (Wildman–Crippen MR) is 90.3 cm³/mol. The molecule has 0 spiro atoms. The molecule has 3 heterocycles. The van der Waals surface area contributed by atoms with Crippen LogP contribution in [0.5, 0.6) is 0 Å². The molecule has 0 aliphatic carbocycles. The highest BCUT2D eigenvalue weighted by Crippen LogP contribution is 2.24. The second-order valence-electron chi connectivity index (χ2n) is 6.18. The lowest BCUT2D eigenvalue weighted by Gasteiger charge is -2.28. The molecule has 8 heteroatoms. The zero-order valence-corrected chi connectivity index (χ0v) is 14.5. The van der Waals surface area contributed by atoms with E-state index < -0.39 is 6.17 Å². The van der Waals surface area contributed by atoms with Gasteiger partial charge in [0.15, 0.2) is 0 Å². The van der Waals surface area contributed by atoms with Gasteiger partial charge in [-0.3, -0.25) is 14.4 Å². The van der Waals surface area contributed by atoms with Gasteiger partial charge in [0.1, 0.15) is 18.8 Å². The molecular weight excluding hydrogens is 329 g/mol. The number of halogens is 1. The van der Waals surface area contributed by atoms with E-state index in [1.54, 1.807) is 34.3 Å². The van der Waals surface area contributed by atoms with Crippen LogP contribution in [0.25, 0.3) is 0 Å². The molecule has 1 aliphatic heterocycles. The quantitative estimate of drug-likeness (QED) is 0.763. The molecule has 130 valence electrons. The molecule has 0 radical (unpaired) electrons. The molecular formula is C16H22FN5OS. The summed E-state index contributed by atoms with van der Waals surface area (Å²) in [6.07, 6.45) is 3.11. The maximum atomic E-state index is 13.9. The first-order valence-electron chi connectivity index (χ1n) is 8.08. The SMILES string of the molecule is CN(C[C@@H]1C[C@H](F)CN1Cc1cccs1)C(=O)CCn1cncn1. The Kier molecular flexibility index (Phi) is 5.57. The molecule has 1 fully saturated rings. The van der Waals surface area contributed by atoms with Crippen LogP contribution >= 0.6 is 11.3 Å². The van der Waals surface area contributed by atoms with Gasteiger partial charge in [-0.15, -0.1) is 11.3 Å². The van der Waals surface area contributed by atoms with E-state index >= 15 is 0 Å². The first-order chi connectivity index (χ1) is 11.6. The fourth-order valence-electron chi connectivity index (χ4n) is 3.08. The Morgan fingerprint density at radius 3 is 3.12 bits per heavy atom. The lowest BCUT2D eigenvalue weighted by atomic mass is 10.2. The van der Waals surface area contributed by atoms with Gasteiger partial charge in [0.25, 0.3) is 0 Å². The molecule has 2 atom stereocenters. The Hall–Kier alpha value is -1.80. The number of amides is 1. The Morgan fingerprint density at radius 2 is 2.42 bits per heavy atom. The number of carbonyl (C=O) groups excluding carboxylic acids is 1. The summed E-state index contributed by atoms with van der Waals surface area (Å²) in [7, 11) is 1.79. The number of alkyl halides is 1. The average Bonchev–Trinajstić information content (AvgIpc) is 3.29. The molecule has 1 aliphatic rings. The molecule has 2 aromatic rings. The van der Waals surface area contributed by atoms with E-state index in [2.05, 4.69) is 21.0 Å². The number of rotatable bonds is 7. The summed E-state index contributed by atoms with van der Waals surface area (Å²) in [6.45, 7) is 2.27. The van der Waals surface area contributed by atoms with E-state index in [-0.39, 0.29) is 11.9 Å². The standard InChI is InChI=1S/C16H22FN5OS/c1-20(16(23)4-5-22-12-18-11-19-22)9-14-7-13(17)8-21(14)10-15-3-2-6-24-15/h2-3,6,11-14H,4-5,7-10H2,1H3/t13-,14-/m0/s1. The third-order valence-electron chi connectivity index (χ3n) is 4.35. The van der Waals surface area contributed by atoms with Gasteiger partial charge in [0.2, 0.25) is 5.91 Å². The van der Waals surface area contributed by atoms with Crippen molar-refractivity contribution in [3.8, 4) is 0 Å². The molecule has 3 rings (SSSR count). The van der Waals surface area contributed by atoms with E-state index in [0.717, 1.165) is 6.54 Å². The van der Waals surface area contributed by atoms with Crippen LogP contribution in [0.3, 0.4) is 0 Å². The summed E-state index contributed by atoms with van der Waals surface area (Å²) in [5.41, 5.74) is 0. The molecule has 0 saturated carbocycles. The maximum absolute atomic E-state index is 13.9. The highest BCUT2D eigenvalue weighted by atomic mass is 32.1. The number of aryl methyl sites for hydroxylation is 1. The van der Waals surface area contributed by atoms with Crippen LogP contribution in [-0.2, 0) is 17.9 Å². The Labute approximate surface area is 144 Å². The summed E-state index contributed by atoms with van der Waals surface area (Å²) in [5, 5.41) is 6.03. The number of hydrogen-bond donors (Lipinski definition) is 0. The minimum atomic E-state index is -0.811. The number of carbonyl (C=O) groups is 1. The van der Waals surface area contributed by atoms with Gasteiger partial charge in [-0.05, 0) is 17.9 Å². The van der Waals surface area contributed by atoms with Crippen molar-refractivity contribution >= 4 is 17.2 Å². The Balaban J connectivity index is 1.51. The summed E-state index contributed by atoms with van der Waals surface area (Å²) in [5.74, 6) is 0.0453. The second kappa shape index (κ2) is 7.85. The number of nitrogens with zero attached hydrogens (tertiary/aromatic N) is 5. The smallest absolute Gasteiger partial charge is 0.224 e. The number of likely N-dealkylation sites (N-methyl/N-ethyl adjacent to an activating group) is 1. The van der Waals surface area contributed by atoms with Crippen molar-refractivity contribution in [1.29, 1.82) is 0 Å². The van der Waals surface area contributed by atoms with E-state index in [1.807, 2.05) is 11.4 Å². The normalized spacial score (nSPS) is 21.2. The molecule has 0 N–H and O–H groups in total. The van der Waals surface area contributed by atoms with Crippen molar-refractivity contribution in [3.63, 3.8) is 0 Å². The number of aromatic nitrogens is 3. The first kappa shape index (κ1) is 17.0. The van der Waals surface area contributed by atoms with Crippen LogP contribution in [0.1, 0.15) is 17.7 Å². The lowest BCUT2D eigenvalue weighted by molar-refractivity contribution is -0.130. The van der Waals surface area contributed by atoms with E-state index in [0.29, 0.717) is 32.5 Å². The molecule has 1 amide bonds. The summed E-state index contributed by atoms with van der Waals surface area (Å²) < 4.78 is 15.5. The van der Waals surface area contributed by atoms with Gasteiger partial charge < -0.3 is 4.90 Å². The molecule has 0 aromatic carbocycles. The highest BCUT2D eigenvalue weighted by Gasteiger charge is 2.33. The number of hydrogen-bond acceptors (Lipinski definition) is 5. The summed E-state index contributed by atoms with van der Waals surface area (Å²) in [6, 6.07) is 4.15. The fraction of sp³-hybridized carbons (Fsp3) is 0.562. The molecule has 6 nitrogen and oxygen atoms in total. The molecule has 24 heavy (non-hydrogen) atoms. The van der Waals surface area contributed by atoms with E-state index in [1.165, 1.54) is 11.2 Å². The van der Waals surface area contributed by atoms with Crippen molar-refractivity contribution < 1.29 is 9.18 Å². The van der Waals surface area contributed by atoms with Crippen molar-refractivity contribution in [2.45, 2.75) is 38.1 Å². The third kappa shape index (κ3) is 4.39. The largest absolute Gasteiger partial charge is 0.344 e. The van der Waals surface area contributed by atoms with Gasteiger partial charge in [-0.25, -0.2) is 9.37 Å². The summed E-state index contributed by atoms with van der Waals surface area (Å²) >= 11 is 1.68. The van der Waals surface area contributed by atoms with Crippen LogP contribution in [-0.4, -0.2) is 62.8 Å². The molecule has 0 unspecified atom stereocenters. The van der Waals surface area contributed by atoms with Crippen LogP contribution in [0.2, 0.25) is 0 Å². The first-order valence-corrected chi connectivity index (χ1v) is 8.96. The minimum Gasteiger partial charge on any atom is -0.344 e. The van der Waals surface area contributed by atoms with Crippen LogP contribution in [0.4, 0.5) is 4.39 Å².